The molecule has 7 heteroatoms. The van der Waals surface area contributed by atoms with E-state index < -0.39 is 0 Å². The van der Waals surface area contributed by atoms with Gasteiger partial charge in [-0.05, 0) is 54.5 Å². The number of carbonyl (C=O) groups excluding carboxylic acids is 1. The average molecular weight is 402 g/mol. The molecule has 2 aliphatic rings. The molecular weight excluding hydrogens is 382 g/mol. The molecule has 1 N–H and O–H groups in total. The summed E-state index contributed by atoms with van der Waals surface area (Å²) < 4.78 is 5.52. The fourth-order valence-electron chi connectivity index (χ4n) is 3.65. The van der Waals surface area contributed by atoms with E-state index in [4.69, 9.17) is 28.6 Å². The van der Waals surface area contributed by atoms with Crippen molar-refractivity contribution in [3.8, 4) is 11.1 Å². The summed E-state index contributed by atoms with van der Waals surface area (Å²) in [6.45, 7) is 5.45. The Bertz CT molecular complexity index is 912. The number of ether oxygens (including phenoxy) is 1. The van der Waals surface area contributed by atoms with Gasteiger partial charge in [0.2, 0.25) is 5.91 Å². The van der Waals surface area contributed by atoms with Gasteiger partial charge in [0.1, 0.15) is 6.54 Å². The normalized spacial score (nSPS) is 17.4. The number of halogens is 1. The first-order valence-corrected chi connectivity index (χ1v) is 9.66. The number of rotatable bonds is 3. The molecule has 2 aliphatic heterocycles. The van der Waals surface area contributed by atoms with Gasteiger partial charge in [-0.25, -0.2) is 0 Å². The summed E-state index contributed by atoms with van der Waals surface area (Å²) in [7, 11) is 0. The molecule has 0 saturated carbocycles. The molecule has 2 aromatic rings. The number of thiocarbonyl (C=S) groups is 1. The van der Waals surface area contributed by atoms with Crippen molar-refractivity contribution in [2.24, 2.45) is 0 Å². The van der Waals surface area contributed by atoms with Crippen molar-refractivity contribution in [3.63, 3.8) is 0 Å². The molecule has 0 radical (unpaired) electrons. The van der Waals surface area contributed by atoms with Gasteiger partial charge in [-0.1, -0.05) is 23.7 Å². The van der Waals surface area contributed by atoms with E-state index in [9.17, 15) is 4.79 Å². The molecule has 5 nitrogen and oxygen atoms in total. The summed E-state index contributed by atoms with van der Waals surface area (Å²) >= 11 is 11.6. The maximum absolute atomic E-state index is 11.8. The van der Waals surface area contributed by atoms with Crippen LogP contribution in [0.15, 0.2) is 36.4 Å². The molecule has 1 amide bonds. The molecule has 2 fully saturated rings. The quantitative estimate of drug-likeness (QED) is 0.799. The number of morpholine rings is 1. The van der Waals surface area contributed by atoms with Crippen LogP contribution in [0, 0.1) is 6.92 Å². The van der Waals surface area contributed by atoms with Gasteiger partial charge in [0.15, 0.2) is 5.11 Å². The zero-order chi connectivity index (χ0) is 19.0. The summed E-state index contributed by atoms with van der Waals surface area (Å²) in [5.74, 6) is -0.0841. The number of anilines is 2. The van der Waals surface area contributed by atoms with Gasteiger partial charge in [0, 0.05) is 35.1 Å². The lowest BCUT2D eigenvalue weighted by atomic mass is 9.97. The minimum absolute atomic E-state index is 0.0841. The zero-order valence-corrected chi connectivity index (χ0v) is 16.6. The molecule has 0 atom stereocenters. The van der Waals surface area contributed by atoms with E-state index in [1.165, 1.54) is 5.69 Å². The Labute approximate surface area is 168 Å². The number of hydrogen-bond donors (Lipinski definition) is 1. The van der Waals surface area contributed by atoms with Crippen LogP contribution in [0.2, 0.25) is 5.02 Å². The predicted octanol–water partition coefficient (Wildman–Crippen LogP) is 3.37. The van der Waals surface area contributed by atoms with E-state index in [1.807, 2.05) is 23.1 Å². The van der Waals surface area contributed by atoms with Crippen molar-refractivity contribution in [3.05, 3.63) is 47.0 Å². The van der Waals surface area contributed by atoms with Gasteiger partial charge in [0.05, 0.1) is 13.2 Å². The van der Waals surface area contributed by atoms with Crippen LogP contribution in [0.25, 0.3) is 11.1 Å². The highest BCUT2D eigenvalue weighted by Gasteiger charge is 2.27. The third kappa shape index (κ3) is 3.65. The molecule has 27 heavy (non-hydrogen) atoms. The first kappa shape index (κ1) is 18.2. The summed E-state index contributed by atoms with van der Waals surface area (Å²) in [4.78, 5) is 15.9. The summed E-state index contributed by atoms with van der Waals surface area (Å²) in [5, 5.41) is 3.83. The molecule has 0 spiro atoms. The Morgan fingerprint density at radius 1 is 1.19 bits per heavy atom. The molecule has 2 aromatic carbocycles. The minimum atomic E-state index is -0.0841. The fraction of sp³-hybridized carbons (Fsp3) is 0.300. The topological polar surface area (TPSA) is 44.8 Å². The van der Waals surface area contributed by atoms with E-state index in [0.29, 0.717) is 23.3 Å². The number of aryl methyl sites for hydroxylation is 1. The number of nitrogens with zero attached hydrogens (tertiary/aromatic N) is 2. The van der Waals surface area contributed by atoms with Gasteiger partial charge in [-0.15, -0.1) is 0 Å². The second-order valence-corrected chi connectivity index (χ2v) is 7.53. The molecule has 2 saturated heterocycles. The standard InChI is InChI=1S/C20H20ClN3O2S/c1-13-9-16(24-12-18(25)22-20(24)27)11-17(14-3-2-4-15(21)10-14)19(13)23-5-7-26-8-6-23/h2-4,9-11H,5-8,12H2,1H3,(H,22,25,27). The van der Waals surface area contributed by atoms with Crippen LogP contribution in [0.5, 0.6) is 0 Å². The van der Waals surface area contributed by atoms with E-state index in [1.54, 1.807) is 0 Å². The molecular formula is C20H20ClN3O2S. The van der Waals surface area contributed by atoms with Crippen LogP contribution in [0.1, 0.15) is 5.56 Å². The molecule has 140 valence electrons. The molecule has 0 unspecified atom stereocenters. The highest BCUT2D eigenvalue weighted by atomic mass is 35.5. The average Bonchev–Trinajstić information content (AvgIpc) is 3.00. The first-order valence-electron chi connectivity index (χ1n) is 8.87. The second kappa shape index (κ2) is 7.46. The number of carbonyl (C=O) groups is 1. The van der Waals surface area contributed by atoms with Crippen LogP contribution in [0.4, 0.5) is 11.4 Å². The summed E-state index contributed by atoms with van der Waals surface area (Å²) in [5.41, 5.74) is 5.33. The molecule has 2 heterocycles. The number of nitrogens with one attached hydrogen (secondary N) is 1. The van der Waals surface area contributed by atoms with Gasteiger partial charge in [-0.3, -0.25) is 4.79 Å². The Morgan fingerprint density at radius 2 is 1.96 bits per heavy atom. The first-order chi connectivity index (χ1) is 13.0. The van der Waals surface area contributed by atoms with Crippen molar-refractivity contribution < 1.29 is 9.53 Å². The van der Waals surface area contributed by atoms with Crippen molar-refractivity contribution in [1.29, 1.82) is 0 Å². The molecule has 0 bridgehead atoms. The monoisotopic (exact) mass is 401 g/mol. The van der Waals surface area contributed by atoms with Gasteiger partial charge in [-0.2, -0.15) is 0 Å². The number of benzene rings is 2. The predicted molar refractivity (Wildman–Crippen MR) is 113 cm³/mol. The Morgan fingerprint density at radius 3 is 2.63 bits per heavy atom. The fourth-order valence-corrected chi connectivity index (χ4v) is 4.12. The van der Waals surface area contributed by atoms with E-state index >= 15 is 0 Å². The van der Waals surface area contributed by atoms with Crippen molar-refractivity contribution in [2.45, 2.75) is 6.92 Å². The maximum Gasteiger partial charge on any atom is 0.246 e. The maximum atomic E-state index is 11.8. The lowest BCUT2D eigenvalue weighted by molar-refractivity contribution is -0.117. The van der Waals surface area contributed by atoms with Crippen molar-refractivity contribution >= 4 is 46.2 Å². The third-order valence-electron chi connectivity index (χ3n) is 4.85. The van der Waals surface area contributed by atoms with Crippen LogP contribution >= 0.6 is 23.8 Å². The van der Waals surface area contributed by atoms with Crippen molar-refractivity contribution in [1.82, 2.24) is 5.32 Å². The highest BCUT2D eigenvalue weighted by Crippen LogP contribution is 2.39. The Kier molecular flexibility index (Phi) is 5.04. The van der Waals surface area contributed by atoms with E-state index in [-0.39, 0.29) is 12.5 Å². The number of amides is 1. The van der Waals surface area contributed by atoms with Gasteiger partial charge < -0.3 is 19.9 Å². The Hall–Kier alpha value is -2.15. The highest BCUT2D eigenvalue weighted by molar-refractivity contribution is 7.80. The molecule has 0 aromatic heterocycles. The van der Waals surface area contributed by atoms with Crippen LogP contribution < -0.4 is 15.1 Å². The van der Waals surface area contributed by atoms with Gasteiger partial charge in [0.25, 0.3) is 0 Å². The molecule has 4 rings (SSSR count). The van der Waals surface area contributed by atoms with E-state index in [0.717, 1.165) is 35.5 Å². The lowest BCUT2D eigenvalue weighted by Crippen LogP contribution is -2.37. The lowest BCUT2D eigenvalue weighted by Gasteiger charge is -2.33. The summed E-state index contributed by atoms with van der Waals surface area (Å²) in [6.07, 6.45) is 0. The zero-order valence-electron chi connectivity index (χ0n) is 15.0. The second-order valence-electron chi connectivity index (χ2n) is 6.71. The number of hydrogen-bond acceptors (Lipinski definition) is 4. The van der Waals surface area contributed by atoms with Gasteiger partial charge >= 0.3 is 0 Å². The summed E-state index contributed by atoms with van der Waals surface area (Å²) in [6, 6.07) is 12.0. The van der Waals surface area contributed by atoms with Crippen molar-refractivity contribution in [2.75, 3.05) is 42.6 Å². The SMILES string of the molecule is Cc1cc(N2CC(=O)NC2=S)cc(-c2cccc(Cl)c2)c1N1CCOCC1. The smallest absolute Gasteiger partial charge is 0.246 e. The van der Waals surface area contributed by atoms with Crippen LogP contribution in [0.3, 0.4) is 0 Å². The largest absolute Gasteiger partial charge is 0.378 e. The van der Waals surface area contributed by atoms with E-state index in [2.05, 4.69) is 35.3 Å². The minimum Gasteiger partial charge on any atom is -0.378 e. The van der Waals surface area contributed by atoms with Crippen LogP contribution in [-0.4, -0.2) is 43.9 Å². The molecule has 0 aliphatic carbocycles. The van der Waals surface area contributed by atoms with Crippen LogP contribution in [-0.2, 0) is 9.53 Å². The Balaban J connectivity index is 1.85. The third-order valence-corrected chi connectivity index (χ3v) is 5.41.